The number of hydrogen-bond acceptors (Lipinski definition) is 0. The Morgan fingerprint density at radius 2 is 1.56 bits per heavy atom. The maximum absolute atomic E-state index is 2.52. The fraction of sp³-hybridized carbons (Fsp3) is 0.481. The third-order valence-corrected chi connectivity index (χ3v) is 7.40. The molecule has 0 radical (unpaired) electrons. The molecule has 0 saturated heterocycles. The van der Waals surface area contributed by atoms with Crippen molar-refractivity contribution in [3.05, 3.63) is 59.2 Å². The molecule has 4 rings (SSSR count). The van der Waals surface area contributed by atoms with Gasteiger partial charge in [-0.3, -0.25) is 0 Å². The largest absolute Gasteiger partial charge is 0.0628 e. The number of benzene rings is 3. The van der Waals surface area contributed by atoms with Crippen molar-refractivity contribution in [1.29, 1.82) is 0 Å². The van der Waals surface area contributed by atoms with Gasteiger partial charge >= 0.3 is 0 Å². The molecule has 3 aromatic rings. The van der Waals surface area contributed by atoms with Crippen molar-refractivity contribution in [3.63, 3.8) is 0 Å². The monoisotopic (exact) mass is 358 g/mol. The Balaban J connectivity index is 1.75. The molecule has 0 aliphatic heterocycles. The molecule has 2 atom stereocenters. The van der Waals surface area contributed by atoms with Crippen LogP contribution in [0.4, 0.5) is 0 Å². The van der Waals surface area contributed by atoms with E-state index in [1.165, 1.54) is 59.2 Å². The molecule has 3 aromatic carbocycles. The topological polar surface area (TPSA) is 0 Å². The lowest BCUT2D eigenvalue weighted by Crippen LogP contribution is -2.27. The zero-order valence-electron chi connectivity index (χ0n) is 17.7. The Labute approximate surface area is 165 Å². The van der Waals surface area contributed by atoms with E-state index >= 15 is 0 Å². The van der Waals surface area contributed by atoms with Gasteiger partial charge in [0.15, 0.2) is 0 Å². The van der Waals surface area contributed by atoms with Crippen LogP contribution in [-0.2, 0) is 11.8 Å². The van der Waals surface area contributed by atoms with Gasteiger partial charge < -0.3 is 0 Å². The molecule has 0 unspecified atom stereocenters. The lowest BCUT2D eigenvalue weighted by Gasteiger charge is -2.33. The summed E-state index contributed by atoms with van der Waals surface area (Å²) in [6, 6.07) is 16.3. The van der Waals surface area contributed by atoms with E-state index in [0.29, 0.717) is 5.41 Å². The molecular weight excluding hydrogens is 324 g/mol. The van der Waals surface area contributed by atoms with Gasteiger partial charge in [0.1, 0.15) is 0 Å². The predicted octanol–water partition coefficient (Wildman–Crippen LogP) is 7.97. The van der Waals surface area contributed by atoms with Crippen LogP contribution in [0.25, 0.3) is 21.5 Å². The van der Waals surface area contributed by atoms with E-state index in [0.717, 1.165) is 11.8 Å². The minimum absolute atomic E-state index is 0.335. The first-order valence-electron chi connectivity index (χ1n) is 10.9. The molecular formula is C27H34. The summed E-state index contributed by atoms with van der Waals surface area (Å²) in [6.07, 6.45) is 6.60. The maximum Gasteiger partial charge on any atom is -0.00435 e. The Kier molecular flexibility index (Phi) is 4.78. The fourth-order valence-corrected chi connectivity index (χ4v) is 5.38. The highest BCUT2D eigenvalue weighted by Gasteiger charge is 2.39. The molecule has 0 nitrogen and oxygen atoms in total. The van der Waals surface area contributed by atoms with Gasteiger partial charge in [-0.1, -0.05) is 83.0 Å². The molecule has 0 amide bonds. The van der Waals surface area contributed by atoms with E-state index in [-0.39, 0.29) is 0 Å². The molecule has 0 N–H and O–H groups in total. The zero-order valence-corrected chi connectivity index (χ0v) is 17.7. The molecule has 0 saturated carbocycles. The third kappa shape index (κ3) is 3.08. The molecule has 27 heavy (non-hydrogen) atoms. The minimum Gasteiger partial charge on any atom is -0.0628 e. The highest BCUT2D eigenvalue weighted by molar-refractivity contribution is 6.09. The summed E-state index contributed by atoms with van der Waals surface area (Å²) in [5.74, 6) is 1.57. The van der Waals surface area contributed by atoms with Crippen LogP contribution >= 0.6 is 0 Å². The average Bonchev–Trinajstić information content (AvgIpc) is 3.00. The van der Waals surface area contributed by atoms with Crippen LogP contribution in [0.3, 0.4) is 0 Å². The number of hydrogen-bond donors (Lipinski definition) is 0. The summed E-state index contributed by atoms with van der Waals surface area (Å²) in [5, 5.41) is 5.73. The standard InChI is InChI=1S/C27H34/c1-18(2)8-6-10-20(4)27(5)17-16-25-24-13-12-21-19(3)9-7-11-22(21)23(24)14-15-26(25)27/h7,9,11-15,18,20H,6,8,10,16-17H2,1-5H3/t20-,27+/m1/s1. The molecule has 1 aliphatic carbocycles. The number of rotatable bonds is 5. The number of aryl methyl sites for hydroxylation is 2. The van der Waals surface area contributed by atoms with Crippen molar-refractivity contribution in [2.75, 3.05) is 0 Å². The summed E-state index contributed by atoms with van der Waals surface area (Å²) < 4.78 is 0. The van der Waals surface area contributed by atoms with Gasteiger partial charge in [-0.25, -0.2) is 0 Å². The fourth-order valence-electron chi connectivity index (χ4n) is 5.38. The second-order valence-electron chi connectivity index (χ2n) is 9.57. The van der Waals surface area contributed by atoms with Crippen molar-refractivity contribution in [3.8, 4) is 0 Å². The predicted molar refractivity (Wildman–Crippen MR) is 120 cm³/mol. The summed E-state index contributed by atoms with van der Waals surface area (Å²) in [5.41, 5.74) is 4.95. The van der Waals surface area contributed by atoms with E-state index in [4.69, 9.17) is 0 Å². The van der Waals surface area contributed by atoms with E-state index in [1.807, 2.05) is 0 Å². The first-order chi connectivity index (χ1) is 12.9. The molecule has 0 spiro atoms. The quantitative estimate of drug-likeness (QED) is 0.406. The van der Waals surface area contributed by atoms with Crippen molar-refractivity contribution >= 4 is 21.5 Å². The summed E-state index contributed by atoms with van der Waals surface area (Å²) in [4.78, 5) is 0. The van der Waals surface area contributed by atoms with Gasteiger partial charge in [0.25, 0.3) is 0 Å². The highest BCUT2D eigenvalue weighted by atomic mass is 14.4. The van der Waals surface area contributed by atoms with Crippen LogP contribution < -0.4 is 0 Å². The van der Waals surface area contributed by atoms with Gasteiger partial charge in [-0.05, 0) is 81.7 Å². The highest BCUT2D eigenvalue weighted by Crippen LogP contribution is 2.48. The Morgan fingerprint density at radius 3 is 2.33 bits per heavy atom. The van der Waals surface area contributed by atoms with Crippen LogP contribution in [0.1, 0.15) is 70.1 Å². The lowest BCUT2D eigenvalue weighted by atomic mass is 9.71. The van der Waals surface area contributed by atoms with Crippen LogP contribution in [0.2, 0.25) is 0 Å². The van der Waals surface area contributed by atoms with E-state index in [1.54, 1.807) is 11.1 Å². The summed E-state index contributed by atoms with van der Waals surface area (Å²) in [6.45, 7) is 11.9. The van der Waals surface area contributed by atoms with Crippen molar-refractivity contribution in [1.82, 2.24) is 0 Å². The molecule has 1 aliphatic rings. The number of fused-ring (bicyclic) bond motifs is 5. The van der Waals surface area contributed by atoms with Crippen molar-refractivity contribution < 1.29 is 0 Å². The molecule has 0 heterocycles. The van der Waals surface area contributed by atoms with Crippen LogP contribution in [-0.4, -0.2) is 0 Å². The van der Waals surface area contributed by atoms with Gasteiger partial charge in [-0.15, -0.1) is 0 Å². The Morgan fingerprint density at radius 1 is 0.852 bits per heavy atom. The molecule has 0 aromatic heterocycles. The Hall–Kier alpha value is -1.82. The van der Waals surface area contributed by atoms with Crippen molar-refractivity contribution in [2.24, 2.45) is 11.8 Å². The molecule has 142 valence electrons. The first kappa shape index (κ1) is 18.5. The second kappa shape index (κ2) is 6.97. The SMILES string of the molecule is Cc1cccc2c1ccc1c3c(ccc12)[C@](C)([C@H](C)CCCC(C)C)CC3. The third-order valence-electron chi connectivity index (χ3n) is 7.40. The summed E-state index contributed by atoms with van der Waals surface area (Å²) >= 11 is 0. The van der Waals surface area contributed by atoms with E-state index < -0.39 is 0 Å². The van der Waals surface area contributed by atoms with Gasteiger partial charge in [0.05, 0.1) is 0 Å². The van der Waals surface area contributed by atoms with Gasteiger partial charge in [0, 0.05) is 0 Å². The summed E-state index contributed by atoms with van der Waals surface area (Å²) in [7, 11) is 0. The Bertz CT molecular complexity index is 978. The second-order valence-corrected chi connectivity index (χ2v) is 9.57. The lowest BCUT2D eigenvalue weighted by molar-refractivity contribution is 0.283. The van der Waals surface area contributed by atoms with E-state index in [9.17, 15) is 0 Å². The van der Waals surface area contributed by atoms with E-state index in [2.05, 4.69) is 77.1 Å². The first-order valence-corrected chi connectivity index (χ1v) is 10.9. The smallest absolute Gasteiger partial charge is 0.00435 e. The van der Waals surface area contributed by atoms with Crippen LogP contribution in [0.5, 0.6) is 0 Å². The normalized spacial score (nSPS) is 20.5. The van der Waals surface area contributed by atoms with Crippen LogP contribution in [0.15, 0.2) is 42.5 Å². The minimum atomic E-state index is 0.335. The van der Waals surface area contributed by atoms with Crippen LogP contribution in [0, 0.1) is 18.8 Å². The zero-order chi connectivity index (χ0) is 19.2. The molecule has 0 fully saturated rings. The molecule has 0 heteroatoms. The average molecular weight is 359 g/mol. The maximum atomic E-state index is 2.52. The van der Waals surface area contributed by atoms with Gasteiger partial charge in [-0.2, -0.15) is 0 Å². The van der Waals surface area contributed by atoms with Crippen molar-refractivity contribution in [2.45, 2.75) is 72.1 Å². The van der Waals surface area contributed by atoms with Gasteiger partial charge in [0.2, 0.25) is 0 Å². The molecule has 0 bridgehead atoms.